The monoisotopic (exact) mass is 265 g/mol. The minimum atomic E-state index is -0.977. The van der Waals surface area contributed by atoms with Crippen LogP contribution in [-0.2, 0) is 4.79 Å². The van der Waals surface area contributed by atoms with Gasteiger partial charge in [0, 0.05) is 12.3 Å². The van der Waals surface area contributed by atoms with Crippen molar-refractivity contribution in [2.45, 2.75) is 0 Å². The summed E-state index contributed by atoms with van der Waals surface area (Å²) < 4.78 is 1.89. The lowest BCUT2D eigenvalue weighted by Gasteiger charge is -2.03. The molecule has 0 unspecified atom stereocenters. The zero-order valence-electron chi connectivity index (χ0n) is 10.5. The van der Waals surface area contributed by atoms with Crippen LogP contribution in [0.3, 0.4) is 0 Å². The van der Waals surface area contributed by atoms with Crippen LogP contribution >= 0.6 is 0 Å². The van der Waals surface area contributed by atoms with E-state index in [1.54, 1.807) is 12.5 Å². The second-order valence-electron chi connectivity index (χ2n) is 4.22. The van der Waals surface area contributed by atoms with Gasteiger partial charge in [0.05, 0.1) is 11.0 Å². The topological polar surface area (TPSA) is 68.0 Å². The van der Waals surface area contributed by atoms with Gasteiger partial charge in [-0.3, -0.25) is 4.57 Å². The summed E-state index contributed by atoms with van der Waals surface area (Å²) in [5, 5.41) is 8.58. The number of rotatable bonds is 3. The van der Waals surface area contributed by atoms with E-state index in [1.807, 2.05) is 41.0 Å². The van der Waals surface area contributed by atoms with Crippen molar-refractivity contribution in [2.24, 2.45) is 0 Å². The molecule has 2 aromatic heterocycles. The number of pyridine rings is 1. The van der Waals surface area contributed by atoms with Crippen LogP contribution < -0.4 is 0 Å². The molecule has 3 rings (SSSR count). The van der Waals surface area contributed by atoms with Crippen LogP contribution in [0.1, 0.15) is 5.56 Å². The van der Waals surface area contributed by atoms with Gasteiger partial charge in [-0.1, -0.05) is 12.1 Å². The maximum Gasteiger partial charge on any atom is 0.328 e. The van der Waals surface area contributed by atoms with Gasteiger partial charge in [-0.05, 0) is 35.9 Å². The third-order valence-corrected chi connectivity index (χ3v) is 2.89. The van der Waals surface area contributed by atoms with Crippen LogP contribution in [0, 0.1) is 0 Å². The number of hydrogen-bond acceptors (Lipinski definition) is 3. The molecule has 0 fully saturated rings. The number of imidazole rings is 1. The summed E-state index contributed by atoms with van der Waals surface area (Å²) in [6, 6.07) is 11.4. The third kappa shape index (κ3) is 2.29. The van der Waals surface area contributed by atoms with Crippen molar-refractivity contribution in [3.63, 3.8) is 0 Å². The number of fused-ring (bicyclic) bond motifs is 1. The van der Waals surface area contributed by atoms with Crippen LogP contribution in [0.2, 0.25) is 0 Å². The Bertz CT molecular complexity index is 788. The summed E-state index contributed by atoms with van der Waals surface area (Å²) in [7, 11) is 0. The fourth-order valence-corrected chi connectivity index (χ4v) is 1.95. The van der Waals surface area contributed by atoms with E-state index in [0.717, 1.165) is 28.5 Å². The van der Waals surface area contributed by atoms with E-state index in [2.05, 4.69) is 9.97 Å². The number of para-hydroxylation sites is 2. The first-order valence-electron chi connectivity index (χ1n) is 6.03. The highest BCUT2D eigenvalue weighted by atomic mass is 16.4. The van der Waals surface area contributed by atoms with Crippen molar-refractivity contribution in [1.82, 2.24) is 14.5 Å². The molecular formula is C15H11N3O2. The summed E-state index contributed by atoms with van der Waals surface area (Å²) >= 11 is 0. The second kappa shape index (κ2) is 4.97. The number of carbonyl (C=O) groups is 1. The Balaban J connectivity index is 1.97. The summed E-state index contributed by atoms with van der Waals surface area (Å²) in [5.41, 5.74) is 2.62. The fourth-order valence-electron chi connectivity index (χ4n) is 1.95. The van der Waals surface area contributed by atoms with Gasteiger partial charge in [-0.2, -0.15) is 0 Å². The average molecular weight is 265 g/mol. The molecule has 0 aliphatic carbocycles. The van der Waals surface area contributed by atoms with Crippen LogP contribution in [0.5, 0.6) is 0 Å². The van der Waals surface area contributed by atoms with Gasteiger partial charge in [-0.15, -0.1) is 0 Å². The molecule has 20 heavy (non-hydrogen) atoms. The molecule has 1 aromatic carbocycles. The molecule has 3 aromatic rings. The van der Waals surface area contributed by atoms with Crippen LogP contribution in [0.4, 0.5) is 0 Å². The Labute approximate surface area is 114 Å². The number of nitrogens with zero attached hydrogens (tertiary/aromatic N) is 3. The molecule has 0 saturated carbocycles. The summed E-state index contributed by atoms with van der Waals surface area (Å²) in [6.45, 7) is 0. The van der Waals surface area contributed by atoms with Crippen molar-refractivity contribution in [3.8, 4) is 5.82 Å². The van der Waals surface area contributed by atoms with Crippen molar-refractivity contribution < 1.29 is 9.90 Å². The number of carboxylic acids is 1. The predicted octanol–water partition coefficient (Wildman–Crippen LogP) is 2.52. The lowest BCUT2D eigenvalue weighted by atomic mass is 10.2. The molecule has 0 saturated heterocycles. The Morgan fingerprint density at radius 1 is 1.15 bits per heavy atom. The maximum absolute atomic E-state index is 10.5. The van der Waals surface area contributed by atoms with Gasteiger partial charge < -0.3 is 5.11 Å². The van der Waals surface area contributed by atoms with E-state index in [-0.39, 0.29) is 0 Å². The Morgan fingerprint density at radius 2 is 2.00 bits per heavy atom. The summed E-state index contributed by atoms with van der Waals surface area (Å²) in [4.78, 5) is 19.1. The number of carboxylic acid groups (broad SMARTS) is 1. The van der Waals surface area contributed by atoms with Gasteiger partial charge in [-0.25, -0.2) is 14.8 Å². The second-order valence-corrected chi connectivity index (χ2v) is 4.22. The SMILES string of the molecule is O=C(O)/C=C/c1ccc(-n2cnc3ccccc32)nc1. The Hall–Kier alpha value is -2.95. The van der Waals surface area contributed by atoms with Crippen LogP contribution in [-0.4, -0.2) is 25.6 Å². The molecule has 0 aliphatic rings. The minimum absolute atomic E-state index is 0.737. The molecular weight excluding hydrogens is 254 g/mol. The first kappa shape index (κ1) is 12.1. The van der Waals surface area contributed by atoms with Gasteiger partial charge in [0.1, 0.15) is 12.1 Å². The molecule has 0 spiro atoms. The molecule has 5 nitrogen and oxygen atoms in total. The molecule has 2 heterocycles. The van der Waals surface area contributed by atoms with Crippen LogP contribution in [0.15, 0.2) is 55.0 Å². The zero-order valence-corrected chi connectivity index (χ0v) is 10.5. The van der Waals surface area contributed by atoms with Crippen molar-refractivity contribution >= 4 is 23.1 Å². The van der Waals surface area contributed by atoms with E-state index in [4.69, 9.17) is 5.11 Å². The van der Waals surface area contributed by atoms with Gasteiger partial charge in [0.15, 0.2) is 0 Å². The van der Waals surface area contributed by atoms with Gasteiger partial charge in [0.25, 0.3) is 0 Å². The van der Waals surface area contributed by atoms with Gasteiger partial charge in [0.2, 0.25) is 0 Å². The van der Waals surface area contributed by atoms with E-state index in [1.165, 1.54) is 6.08 Å². The van der Waals surface area contributed by atoms with Crippen molar-refractivity contribution in [1.29, 1.82) is 0 Å². The molecule has 98 valence electrons. The van der Waals surface area contributed by atoms with E-state index in [9.17, 15) is 4.79 Å². The Kier molecular flexibility index (Phi) is 3.01. The van der Waals surface area contributed by atoms with Crippen LogP contribution in [0.25, 0.3) is 22.9 Å². The largest absolute Gasteiger partial charge is 0.478 e. The first-order valence-corrected chi connectivity index (χ1v) is 6.03. The smallest absolute Gasteiger partial charge is 0.328 e. The Morgan fingerprint density at radius 3 is 2.75 bits per heavy atom. The number of aliphatic carboxylic acids is 1. The standard InChI is InChI=1S/C15H11N3O2/c19-15(20)8-6-11-5-7-14(16-9-11)18-10-17-12-3-1-2-4-13(12)18/h1-10H,(H,19,20)/b8-6+. The molecule has 0 radical (unpaired) electrons. The summed E-state index contributed by atoms with van der Waals surface area (Å²) in [6.07, 6.45) is 5.94. The zero-order chi connectivity index (χ0) is 13.9. The highest BCUT2D eigenvalue weighted by molar-refractivity contribution is 5.85. The van der Waals surface area contributed by atoms with Crippen molar-refractivity contribution in [3.05, 3.63) is 60.6 Å². The number of hydrogen-bond donors (Lipinski definition) is 1. The molecule has 0 atom stereocenters. The fraction of sp³-hybridized carbons (Fsp3) is 0. The molecule has 1 N–H and O–H groups in total. The molecule has 0 amide bonds. The molecule has 0 bridgehead atoms. The number of benzene rings is 1. The van der Waals surface area contributed by atoms with E-state index in [0.29, 0.717) is 0 Å². The molecule has 0 aliphatic heterocycles. The quantitative estimate of drug-likeness (QED) is 0.739. The van der Waals surface area contributed by atoms with Gasteiger partial charge >= 0.3 is 5.97 Å². The first-order chi connectivity index (χ1) is 9.74. The lowest BCUT2D eigenvalue weighted by Crippen LogP contribution is -1.95. The summed E-state index contributed by atoms with van der Waals surface area (Å²) in [5.74, 6) is -0.235. The predicted molar refractivity (Wildman–Crippen MR) is 75.5 cm³/mol. The molecule has 5 heteroatoms. The van der Waals surface area contributed by atoms with E-state index >= 15 is 0 Å². The van der Waals surface area contributed by atoms with Crippen molar-refractivity contribution in [2.75, 3.05) is 0 Å². The number of aromatic nitrogens is 3. The minimum Gasteiger partial charge on any atom is -0.478 e. The highest BCUT2D eigenvalue weighted by Gasteiger charge is 2.04. The lowest BCUT2D eigenvalue weighted by molar-refractivity contribution is -0.131. The maximum atomic E-state index is 10.5. The average Bonchev–Trinajstić information content (AvgIpc) is 2.89. The highest BCUT2D eigenvalue weighted by Crippen LogP contribution is 2.16. The third-order valence-electron chi connectivity index (χ3n) is 2.89. The normalized spacial score (nSPS) is 11.2. The van der Waals surface area contributed by atoms with E-state index < -0.39 is 5.97 Å².